The molecule has 0 fully saturated rings. The molecule has 4 aromatic carbocycles. The van der Waals surface area contributed by atoms with E-state index in [9.17, 15) is 0 Å². The number of fused-ring (bicyclic) bond motifs is 5. The molecule has 0 saturated carbocycles. The van der Waals surface area contributed by atoms with Crippen LogP contribution in [0, 0.1) is 20.8 Å². The zero-order chi connectivity index (χ0) is 14.6. The molecule has 0 aromatic heterocycles. The van der Waals surface area contributed by atoms with E-state index in [2.05, 4.69) is 75.4 Å². The number of aryl methyl sites for hydroxylation is 3. The Hall–Kier alpha value is -2.34. The Labute approximate surface area is 125 Å². The van der Waals surface area contributed by atoms with Gasteiger partial charge in [-0.3, -0.25) is 0 Å². The first-order valence-corrected chi connectivity index (χ1v) is 7.47. The summed E-state index contributed by atoms with van der Waals surface area (Å²) in [6, 6.07) is 20.2. The Bertz CT molecular complexity index is 1010. The summed E-state index contributed by atoms with van der Waals surface area (Å²) >= 11 is 0. The van der Waals surface area contributed by atoms with Crippen molar-refractivity contribution in [2.45, 2.75) is 20.8 Å². The summed E-state index contributed by atoms with van der Waals surface area (Å²) in [6.07, 6.45) is 0. The third kappa shape index (κ3) is 1.76. The molecule has 0 unspecified atom stereocenters. The second kappa shape index (κ2) is 4.33. The summed E-state index contributed by atoms with van der Waals surface area (Å²) in [7, 11) is 0. The summed E-state index contributed by atoms with van der Waals surface area (Å²) in [6.45, 7) is 6.59. The van der Waals surface area contributed by atoms with E-state index in [1.54, 1.807) is 0 Å². The van der Waals surface area contributed by atoms with Crippen molar-refractivity contribution >= 4 is 32.3 Å². The van der Waals surface area contributed by atoms with Crippen molar-refractivity contribution in [1.82, 2.24) is 0 Å². The second-order valence-electron chi connectivity index (χ2n) is 6.08. The maximum absolute atomic E-state index is 2.35. The maximum atomic E-state index is 2.35. The molecule has 4 aromatic rings. The van der Waals surface area contributed by atoms with Crippen LogP contribution in [0.5, 0.6) is 0 Å². The van der Waals surface area contributed by atoms with Crippen LogP contribution in [-0.2, 0) is 0 Å². The highest BCUT2D eigenvalue weighted by Gasteiger charge is 2.08. The molecule has 0 aliphatic rings. The van der Waals surface area contributed by atoms with Crippen molar-refractivity contribution in [2.75, 3.05) is 0 Å². The Morgan fingerprint density at radius 1 is 0.571 bits per heavy atom. The van der Waals surface area contributed by atoms with Gasteiger partial charge in [0.15, 0.2) is 0 Å². The first-order valence-electron chi connectivity index (χ1n) is 7.47. The minimum Gasteiger partial charge on any atom is -0.0613 e. The van der Waals surface area contributed by atoms with Crippen LogP contribution >= 0.6 is 0 Å². The van der Waals surface area contributed by atoms with Gasteiger partial charge in [-0.15, -0.1) is 0 Å². The molecule has 0 aliphatic carbocycles. The SMILES string of the molecule is Cc1ccc2ccc3c4cccc(C)c4c(C)cc3c2c1. The van der Waals surface area contributed by atoms with Gasteiger partial charge in [0.2, 0.25) is 0 Å². The molecular formula is C21H18. The van der Waals surface area contributed by atoms with Crippen molar-refractivity contribution < 1.29 is 0 Å². The van der Waals surface area contributed by atoms with Crippen LogP contribution in [0.1, 0.15) is 16.7 Å². The highest BCUT2D eigenvalue weighted by atomic mass is 14.1. The Morgan fingerprint density at radius 2 is 1.38 bits per heavy atom. The predicted molar refractivity (Wildman–Crippen MR) is 93.2 cm³/mol. The lowest BCUT2D eigenvalue weighted by atomic mass is 9.92. The van der Waals surface area contributed by atoms with E-state index in [1.165, 1.54) is 49.0 Å². The molecule has 0 N–H and O–H groups in total. The first-order chi connectivity index (χ1) is 10.1. The Morgan fingerprint density at radius 3 is 2.24 bits per heavy atom. The van der Waals surface area contributed by atoms with Gasteiger partial charge < -0.3 is 0 Å². The lowest BCUT2D eigenvalue weighted by Crippen LogP contribution is -1.87. The van der Waals surface area contributed by atoms with Crippen molar-refractivity contribution in [3.05, 3.63) is 71.3 Å². The molecule has 0 spiro atoms. The molecule has 102 valence electrons. The van der Waals surface area contributed by atoms with E-state index >= 15 is 0 Å². The van der Waals surface area contributed by atoms with Gasteiger partial charge in [-0.1, -0.05) is 60.2 Å². The average Bonchev–Trinajstić information content (AvgIpc) is 2.47. The summed E-state index contributed by atoms with van der Waals surface area (Å²) in [5.41, 5.74) is 4.04. The summed E-state index contributed by atoms with van der Waals surface area (Å²) in [5.74, 6) is 0. The lowest BCUT2D eigenvalue weighted by molar-refractivity contribution is 1.48. The fourth-order valence-electron chi connectivity index (χ4n) is 3.55. The largest absolute Gasteiger partial charge is 0.0613 e. The minimum absolute atomic E-state index is 1.32. The quantitative estimate of drug-likeness (QED) is 0.340. The van der Waals surface area contributed by atoms with Gasteiger partial charge in [0.1, 0.15) is 0 Å². The topological polar surface area (TPSA) is 0 Å². The van der Waals surface area contributed by atoms with Crippen LogP contribution < -0.4 is 0 Å². The van der Waals surface area contributed by atoms with E-state index < -0.39 is 0 Å². The third-order valence-corrected chi connectivity index (χ3v) is 4.54. The lowest BCUT2D eigenvalue weighted by Gasteiger charge is -2.12. The van der Waals surface area contributed by atoms with Crippen molar-refractivity contribution in [2.24, 2.45) is 0 Å². The zero-order valence-electron chi connectivity index (χ0n) is 12.7. The van der Waals surface area contributed by atoms with Gasteiger partial charge >= 0.3 is 0 Å². The van der Waals surface area contributed by atoms with Gasteiger partial charge in [0, 0.05) is 0 Å². The zero-order valence-corrected chi connectivity index (χ0v) is 12.7. The van der Waals surface area contributed by atoms with Crippen LogP contribution in [0.2, 0.25) is 0 Å². The molecule has 0 amide bonds. The Balaban J connectivity index is 2.31. The van der Waals surface area contributed by atoms with Crippen molar-refractivity contribution in [3.8, 4) is 0 Å². The molecule has 0 aliphatic heterocycles. The van der Waals surface area contributed by atoms with Gasteiger partial charge in [-0.25, -0.2) is 0 Å². The Kier molecular flexibility index (Phi) is 2.56. The van der Waals surface area contributed by atoms with E-state index in [0.717, 1.165) is 0 Å². The molecule has 0 bridgehead atoms. The molecule has 0 saturated heterocycles. The fourth-order valence-corrected chi connectivity index (χ4v) is 3.55. The second-order valence-corrected chi connectivity index (χ2v) is 6.08. The van der Waals surface area contributed by atoms with E-state index in [4.69, 9.17) is 0 Å². The van der Waals surface area contributed by atoms with Gasteiger partial charge in [-0.2, -0.15) is 0 Å². The molecular weight excluding hydrogens is 252 g/mol. The molecule has 0 atom stereocenters. The van der Waals surface area contributed by atoms with Crippen molar-refractivity contribution in [1.29, 1.82) is 0 Å². The fraction of sp³-hybridized carbons (Fsp3) is 0.143. The van der Waals surface area contributed by atoms with Crippen LogP contribution in [0.15, 0.2) is 54.6 Å². The number of benzene rings is 4. The summed E-state index contributed by atoms with van der Waals surface area (Å²) < 4.78 is 0. The first kappa shape index (κ1) is 12.4. The van der Waals surface area contributed by atoms with Crippen LogP contribution in [0.4, 0.5) is 0 Å². The molecule has 0 nitrogen and oxygen atoms in total. The molecule has 4 rings (SSSR count). The van der Waals surface area contributed by atoms with E-state index in [1.807, 2.05) is 0 Å². The number of hydrogen-bond donors (Lipinski definition) is 0. The summed E-state index contributed by atoms with van der Waals surface area (Å²) in [5, 5.41) is 8.17. The van der Waals surface area contributed by atoms with Crippen LogP contribution in [0.3, 0.4) is 0 Å². The molecule has 0 radical (unpaired) electrons. The minimum atomic E-state index is 1.32. The van der Waals surface area contributed by atoms with E-state index in [-0.39, 0.29) is 0 Å². The van der Waals surface area contributed by atoms with Gasteiger partial charge in [-0.05, 0) is 64.2 Å². The van der Waals surface area contributed by atoms with Gasteiger partial charge in [0.25, 0.3) is 0 Å². The smallest absolute Gasteiger partial charge is 0.00962 e. The maximum Gasteiger partial charge on any atom is -0.00962 e. The average molecular weight is 270 g/mol. The highest BCUT2D eigenvalue weighted by Crippen LogP contribution is 2.34. The van der Waals surface area contributed by atoms with Crippen LogP contribution in [0.25, 0.3) is 32.3 Å². The van der Waals surface area contributed by atoms with E-state index in [0.29, 0.717) is 0 Å². The molecule has 0 heterocycles. The summed E-state index contributed by atoms with van der Waals surface area (Å²) in [4.78, 5) is 0. The third-order valence-electron chi connectivity index (χ3n) is 4.54. The monoisotopic (exact) mass is 270 g/mol. The van der Waals surface area contributed by atoms with Crippen molar-refractivity contribution in [3.63, 3.8) is 0 Å². The van der Waals surface area contributed by atoms with Gasteiger partial charge in [0.05, 0.1) is 0 Å². The number of rotatable bonds is 0. The highest BCUT2D eigenvalue weighted by molar-refractivity contribution is 6.18. The van der Waals surface area contributed by atoms with Crippen LogP contribution in [-0.4, -0.2) is 0 Å². The molecule has 21 heavy (non-hydrogen) atoms. The molecule has 0 heteroatoms. The number of hydrogen-bond acceptors (Lipinski definition) is 0. The normalized spacial score (nSPS) is 11.6. The predicted octanol–water partition coefficient (Wildman–Crippen LogP) is 6.07. The standard InChI is InChI=1S/C21H18/c1-13-7-8-16-9-10-17-18-6-4-5-14(2)21(18)15(3)12-20(17)19(16)11-13/h4-12H,1-3H3.